The van der Waals surface area contributed by atoms with E-state index >= 15 is 0 Å². The van der Waals surface area contributed by atoms with E-state index < -0.39 is 0 Å². The second-order valence-corrected chi connectivity index (χ2v) is 6.31. The van der Waals surface area contributed by atoms with Gasteiger partial charge < -0.3 is 20.9 Å². The molecule has 4 heteroatoms. The summed E-state index contributed by atoms with van der Waals surface area (Å²) in [5.41, 5.74) is 10.4. The highest BCUT2D eigenvalue weighted by molar-refractivity contribution is 5.54. The maximum Gasteiger partial charge on any atom is 0.142 e. The largest absolute Gasteiger partial charge is 0.487 e. The monoisotopic (exact) mass is 328 g/mol. The zero-order valence-corrected chi connectivity index (χ0v) is 14.6. The maximum atomic E-state index is 9.19. The Bertz CT molecular complexity index is 641. The average Bonchev–Trinajstić information content (AvgIpc) is 2.53. The van der Waals surface area contributed by atoms with Gasteiger partial charge in [-0.05, 0) is 56.5 Å². The quantitative estimate of drug-likeness (QED) is 0.489. The van der Waals surface area contributed by atoms with Gasteiger partial charge in [0, 0.05) is 6.54 Å². The fraction of sp³-hybridized carbons (Fsp3) is 0.400. The number of aliphatic hydroxyl groups excluding tert-OH is 1. The summed E-state index contributed by atoms with van der Waals surface area (Å²) in [7, 11) is 0. The number of nitrogen functional groups attached to an aromatic ring is 1. The first-order valence-corrected chi connectivity index (χ1v) is 8.50. The Labute approximate surface area is 144 Å². The van der Waals surface area contributed by atoms with Gasteiger partial charge in [0.05, 0.1) is 11.8 Å². The van der Waals surface area contributed by atoms with Crippen molar-refractivity contribution in [2.75, 3.05) is 18.8 Å². The number of anilines is 1. The van der Waals surface area contributed by atoms with E-state index in [-0.39, 0.29) is 6.10 Å². The molecule has 0 aliphatic carbocycles. The maximum absolute atomic E-state index is 9.19. The van der Waals surface area contributed by atoms with Crippen LogP contribution >= 0.6 is 0 Å². The highest BCUT2D eigenvalue weighted by Gasteiger charge is 2.04. The molecule has 1 atom stereocenters. The summed E-state index contributed by atoms with van der Waals surface area (Å²) in [6.45, 7) is 5.89. The molecule has 0 saturated carbocycles. The van der Waals surface area contributed by atoms with Crippen LogP contribution in [0.3, 0.4) is 0 Å². The van der Waals surface area contributed by atoms with E-state index in [1.807, 2.05) is 18.2 Å². The zero-order chi connectivity index (χ0) is 17.4. The van der Waals surface area contributed by atoms with Gasteiger partial charge in [-0.25, -0.2) is 0 Å². The van der Waals surface area contributed by atoms with Gasteiger partial charge in [0.1, 0.15) is 12.4 Å². The van der Waals surface area contributed by atoms with Crippen LogP contribution in [-0.4, -0.2) is 24.3 Å². The molecule has 130 valence electrons. The molecule has 0 heterocycles. The topological polar surface area (TPSA) is 67.5 Å². The molecular formula is C20H28N2O2. The van der Waals surface area contributed by atoms with E-state index in [9.17, 15) is 5.11 Å². The molecule has 0 radical (unpaired) electrons. The molecule has 24 heavy (non-hydrogen) atoms. The summed E-state index contributed by atoms with van der Waals surface area (Å²) in [6.07, 6.45) is 1.66. The fourth-order valence-electron chi connectivity index (χ4n) is 2.58. The molecule has 1 unspecified atom stereocenters. The number of rotatable bonds is 9. The molecule has 4 N–H and O–H groups in total. The van der Waals surface area contributed by atoms with Gasteiger partial charge in [-0.3, -0.25) is 0 Å². The van der Waals surface area contributed by atoms with Crippen LogP contribution < -0.4 is 15.8 Å². The van der Waals surface area contributed by atoms with Crippen LogP contribution in [0, 0.1) is 6.92 Å². The molecule has 0 aliphatic rings. The molecule has 0 bridgehead atoms. The third-order valence-electron chi connectivity index (χ3n) is 3.81. The molecule has 0 saturated heterocycles. The van der Waals surface area contributed by atoms with Crippen molar-refractivity contribution in [1.82, 2.24) is 5.32 Å². The van der Waals surface area contributed by atoms with E-state index in [2.05, 4.69) is 36.5 Å². The highest BCUT2D eigenvalue weighted by atomic mass is 16.5. The lowest BCUT2D eigenvalue weighted by atomic mass is 10.1. The molecule has 0 spiro atoms. The number of hydrogen-bond acceptors (Lipinski definition) is 4. The molecule has 0 amide bonds. The first-order valence-electron chi connectivity index (χ1n) is 8.50. The normalized spacial score (nSPS) is 12.1. The summed E-state index contributed by atoms with van der Waals surface area (Å²) in [4.78, 5) is 0. The third kappa shape index (κ3) is 6.22. The standard InChI is InChI=1S/C20H28N2O2/c1-15-5-3-6-18(11-15)14-24-20-9-8-17(12-19(20)21)7-4-10-22-13-16(2)23/h3,5-6,8-9,11-12,16,22-23H,4,7,10,13-14,21H2,1-2H3. The lowest BCUT2D eigenvalue weighted by Gasteiger charge is -2.11. The van der Waals surface area contributed by atoms with Crippen LogP contribution in [0.25, 0.3) is 0 Å². The number of hydrogen-bond donors (Lipinski definition) is 3. The van der Waals surface area contributed by atoms with E-state index in [0.29, 0.717) is 18.8 Å². The fourth-order valence-corrected chi connectivity index (χ4v) is 2.58. The summed E-state index contributed by atoms with van der Waals surface area (Å²) < 4.78 is 5.84. The van der Waals surface area contributed by atoms with Crippen LogP contribution in [0.5, 0.6) is 5.75 Å². The first kappa shape index (κ1) is 18.3. The molecule has 0 fully saturated rings. The van der Waals surface area contributed by atoms with Gasteiger partial charge in [0.25, 0.3) is 0 Å². The van der Waals surface area contributed by atoms with Crippen molar-refractivity contribution in [3.05, 3.63) is 59.2 Å². The second kappa shape index (κ2) is 9.30. The van der Waals surface area contributed by atoms with E-state index in [1.54, 1.807) is 6.92 Å². The van der Waals surface area contributed by atoms with Gasteiger partial charge >= 0.3 is 0 Å². The number of nitrogens with two attached hydrogens (primary N) is 1. The van der Waals surface area contributed by atoms with Crippen LogP contribution in [0.15, 0.2) is 42.5 Å². The minimum Gasteiger partial charge on any atom is -0.487 e. The van der Waals surface area contributed by atoms with E-state index in [0.717, 1.165) is 30.7 Å². The summed E-state index contributed by atoms with van der Waals surface area (Å²) in [5.74, 6) is 0.729. The Morgan fingerprint density at radius 3 is 2.71 bits per heavy atom. The second-order valence-electron chi connectivity index (χ2n) is 6.31. The number of ether oxygens (including phenoxy) is 1. The minimum absolute atomic E-state index is 0.300. The predicted molar refractivity (Wildman–Crippen MR) is 99.2 cm³/mol. The first-order chi connectivity index (χ1) is 11.5. The van der Waals surface area contributed by atoms with Crippen LogP contribution in [-0.2, 0) is 13.0 Å². The molecule has 2 aromatic rings. The number of nitrogens with one attached hydrogen (secondary N) is 1. The van der Waals surface area contributed by atoms with Gasteiger partial charge in [-0.15, -0.1) is 0 Å². The molecule has 2 rings (SSSR count). The minimum atomic E-state index is -0.300. The van der Waals surface area contributed by atoms with Crippen LogP contribution in [0.4, 0.5) is 5.69 Å². The number of aliphatic hydroxyl groups is 1. The van der Waals surface area contributed by atoms with E-state index in [4.69, 9.17) is 10.5 Å². The number of aryl methyl sites for hydroxylation is 2. The van der Waals surface area contributed by atoms with Crippen LogP contribution in [0.1, 0.15) is 30.0 Å². The van der Waals surface area contributed by atoms with E-state index in [1.165, 1.54) is 11.1 Å². The SMILES string of the molecule is Cc1cccc(COc2ccc(CCCNCC(C)O)cc2N)c1. The molecule has 2 aromatic carbocycles. The molecule has 0 aliphatic heterocycles. The summed E-state index contributed by atoms with van der Waals surface area (Å²) in [5, 5.41) is 12.4. The summed E-state index contributed by atoms with van der Waals surface area (Å²) in [6, 6.07) is 14.3. The zero-order valence-electron chi connectivity index (χ0n) is 14.6. The lowest BCUT2D eigenvalue weighted by Crippen LogP contribution is -2.25. The smallest absolute Gasteiger partial charge is 0.142 e. The predicted octanol–water partition coefficient (Wildman–Crippen LogP) is 3.06. The van der Waals surface area contributed by atoms with Crippen molar-refractivity contribution in [1.29, 1.82) is 0 Å². The Kier molecular flexibility index (Phi) is 7.09. The Hall–Kier alpha value is -2.04. The van der Waals surface area contributed by atoms with Crippen molar-refractivity contribution in [2.45, 2.75) is 39.4 Å². The molecular weight excluding hydrogens is 300 g/mol. The van der Waals surface area contributed by atoms with Gasteiger partial charge in [0.15, 0.2) is 0 Å². The Balaban J connectivity index is 1.81. The Morgan fingerprint density at radius 1 is 1.17 bits per heavy atom. The van der Waals surface area contributed by atoms with Gasteiger partial charge in [0.2, 0.25) is 0 Å². The molecule has 4 nitrogen and oxygen atoms in total. The summed E-state index contributed by atoms with van der Waals surface area (Å²) >= 11 is 0. The van der Waals surface area contributed by atoms with Crippen LogP contribution in [0.2, 0.25) is 0 Å². The van der Waals surface area contributed by atoms with Crippen molar-refractivity contribution in [3.63, 3.8) is 0 Å². The van der Waals surface area contributed by atoms with Crippen molar-refractivity contribution in [2.24, 2.45) is 0 Å². The van der Waals surface area contributed by atoms with Gasteiger partial charge in [-0.1, -0.05) is 35.9 Å². The van der Waals surface area contributed by atoms with Crippen molar-refractivity contribution in [3.8, 4) is 5.75 Å². The molecule has 0 aromatic heterocycles. The third-order valence-corrected chi connectivity index (χ3v) is 3.81. The Morgan fingerprint density at radius 2 is 2.00 bits per heavy atom. The number of benzene rings is 2. The lowest BCUT2D eigenvalue weighted by molar-refractivity contribution is 0.191. The van der Waals surface area contributed by atoms with Gasteiger partial charge in [-0.2, -0.15) is 0 Å². The van der Waals surface area contributed by atoms with Crippen molar-refractivity contribution < 1.29 is 9.84 Å². The average molecular weight is 328 g/mol. The van der Waals surface area contributed by atoms with Crippen molar-refractivity contribution >= 4 is 5.69 Å². The highest BCUT2D eigenvalue weighted by Crippen LogP contribution is 2.24.